The van der Waals surface area contributed by atoms with Crippen molar-refractivity contribution in [3.05, 3.63) is 89.0 Å². The molecular formula is C28H24N2O5S. The number of Topliss-reactive ketones (excluding diaryl/α,β-unsaturated/α-hetero) is 1. The first-order valence-corrected chi connectivity index (χ1v) is 12.4. The van der Waals surface area contributed by atoms with Crippen LogP contribution in [0.15, 0.2) is 72.3 Å². The van der Waals surface area contributed by atoms with Crippen LogP contribution in [0.25, 0.3) is 16.0 Å². The number of phenols is 1. The number of fused-ring (bicyclic) bond motifs is 1. The van der Waals surface area contributed by atoms with Crippen LogP contribution in [0.2, 0.25) is 0 Å². The fraction of sp³-hybridized carbons (Fsp3) is 0.179. The summed E-state index contributed by atoms with van der Waals surface area (Å²) < 4.78 is 6.56. The van der Waals surface area contributed by atoms with Crippen molar-refractivity contribution in [3.63, 3.8) is 0 Å². The molecule has 5 rings (SSSR count). The third-order valence-electron chi connectivity index (χ3n) is 5.95. The molecule has 7 nitrogen and oxygen atoms in total. The first kappa shape index (κ1) is 23.6. The van der Waals surface area contributed by atoms with Crippen LogP contribution in [0.5, 0.6) is 11.5 Å². The number of aromatic nitrogens is 1. The summed E-state index contributed by atoms with van der Waals surface area (Å²) in [7, 11) is 0. The minimum absolute atomic E-state index is 0.0204. The van der Waals surface area contributed by atoms with Crippen LogP contribution in [0.3, 0.4) is 0 Å². The summed E-state index contributed by atoms with van der Waals surface area (Å²) in [6, 6.07) is 17.9. The van der Waals surface area contributed by atoms with Crippen molar-refractivity contribution in [1.82, 2.24) is 4.98 Å². The second-order valence-electron chi connectivity index (χ2n) is 8.61. The van der Waals surface area contributed by atoms with Crippen molar-refractivity contribution in [1.29, 1.82) is 0 Å². The van der Waals surface area contributed by atoms with Crippen molar-refractivity contribution < 1.29 is 24.5 Å². The van der Waals surface area contributed by atoms with Gasteiger partial charge in [0.2, 0.25) is 0 Å². The number of aliphatic hydroxyl groups excluding tert-OH is 1. The van der Waals surface area contributed by atoms with Crippen molar-refractivity contribution in [2.45, 2.75) is 26.3 Å². The molecule has 1 amide bonds. The van der Waals surface area contributed by atoms with Gasteiger partial charge in [0.1, 0.15) is 17.3 Å². The monoisotopic (exact) mass is 500 g/mol. The third kappa shape index (κ3) is 4.20. The molecule has 1 unspecified atom stereocenters. The fourth-order valence-electron chi connectivity index (χ4n) is 4.27. The Morgan fingerprint density at radius 3 is 2.67 bits per heavy atom. The second kappa shape index (κ2) is 9.47. The Labute approximate surface area is 211 Å². The van der Waals surface area contributed by atoms with E-state index in [1.165, 1.54) is 28.4 Å². The van der Waals surface area contributed by atoms with E-state index in [-0.39, 0.29) is 17.1 Å². The van der Waals surface area contributed by atoms with Gasteiger partial charge in [-0.15, -0.1) is 0 Å². The Morgan fingerprint density at radius 1 is 1.08 bits per heavy atom. The number of ketones is 1. The van der Waals surface area contributed by atoms with Crippen molar-refractivity contribution in [2.75, 3.05) is 11.5 Å². The number of carbonyl (C=O) groups is 2. The molecule has 1 aromatic heterocycles. The van der Waals surface area contributed by atoms with Gasteiger partial charge < -0.3 is 14.9 Å². The largest absolute Gasteiger partial charge is 0.508 e. The zero-order valence-corrected chi connectivity index (χ0v) is 20.6. The van der Waals surface area contributed by atoms with Gasteiger partial charge in [-0.25, -0.2) is 4.98 Å². The molecule has 0 saturated carbocycles. The smallest absolute Gasteiger partial charge is 0.301 e. The summed E-state index contributed by atoms with van der Waals surface area (Å²) in [4.78, 5) is 32.7. The molecular weight excluding hydrogens is 476 g/mol. The number of benzene rings is 3. The number of thiazole rings is 1. The van der Waals surface area contributed by atoms with Gasteiger partial charge in [0.15, 0.2) is 5.13 Å². The van der Waals surface area contributed by atoms with Crippen LogP contribution >= 0.6 is 11.3 Å². The van der Waals surface area contributed by atoms with Gasteiger partial charge in [-0.05, 0) is 60.9 Å². The van der Waals surface area contributed by atoms with Crippen molar-refractivity contribution in [2.24, 2.45) is 0 Å². The predicted octanol–water partition coefficient (Wildman–Crippen LogP) is 5.73. The topological polar surface area (TPSA) is 100.0 Å². The van der Waals surface area contributed by atoms with Crippen LogP contribution in [-0.4, -0.2) is 33.5 Å². The summed E-state index contributed by atoms with van der Waals surface area (Å²) in [5, 5.41) is 21.9. The fourth-order valence-corrected chi connectivity index (χ4v) is 5.36. The maximum Gasteiger partial charge on any atom is 0.301 e. The molecule has 4 aromatic rings. The molecule has 182 valence electrons. The number of aryl methyl sites for hydroxylation is 1. The predicted molar refractivity (Wildman–Crippen MR) is 139 cm³/mol. The molecule has 0 bridgehead atoms. The molecule has 2 N–H and O–H groups in total. The molecule has 0 radical (unpaired) electrons. The van der Waals surface area contributed by atoms with Crippen LogP contribution < -0.4 is 9.64 Å². The Balaban J connectivity index is 1.69. The molecule has 2 heterocycles. The van der Waals surface area contributed by atoms with Crippen LogP contribution in [0.1, 0.15) is 36.1 Å². The van der Waals surface area contributed by atoms with E-state index in [0.717, 1.165) is 16.7 Å². The van der Waals surface area contributed by atoms with E-state index in [1.807, 2.05) is 32.0 Å². The lowest BCUT2D eigenvalue weighted by molar-refractivity contribution is -0.132. The van der Waals surface area contributed by atoms with Gasteiger partial charge in [-0.1, -0.05) is 48.6 Å². The molecule has 1 saturated heterocycles. The van der Waals surface area contributed by atoms with E-state index in [1.54, 1.807) is 36.4 Å². The van der Waals surface area contributed by atoms with Crippen LogP contribution in [0.4, 0.5) is 5.13 Å². The molecule has 1 aliphatic rings. The van der Waals surface area contributed by atoms with Gasteiger partial charge >= 0.3 is 5.91 Å². The highest BCUT2D eigenvalue weighted by Gasteiger charge is 2.48. The lowest BCUT2D eigenvalue weighted by atomic mass is 9.95. The minimum atomic E-state index is -0.973. The number of hydrogen-bond acceptors (Lipinski definition) is 7. The summed E-state index contributed by atoms with van der Waals surface area (Å²) in [5.74, 6) is -1.41. The quantitative estimate of drug-likeness (QED) is 0.199. The van der Waals surface area contributed by atoms with E-state index < -0.39 is 17.7 Å². The Bertz CT molecular complexity index is 1520. The molecule has 0 aliphatic carbocycles. The Hall–Kier alpha value is -4.17. The van der Waals surface area contributed by atoms with Crippen molar-refractivity contribution >= 4 is 44.1 Å². The minimum Gasteiger partial charge on any atom is -0.508 e. The highest BCUT2D eigenvalue weighted by molar-refractivity contribution is 7.22. The molecule has 1 aliphatic heterocycles. The molecule has 8 heteroatoms. The number of nitrogens with zero attached hydrogens (tertiary/aromatic N) is 2. The summed E-state index contributed by atoms with van der Waals surface area (Å²) >= 11 is 1.29. The van der Waals surface area contributed by atoms with Gasteiger partial charge in [-0.3, -0.25) is 14.5 Å². The number of phenolic OH excluding ortho intramolecular Hbond substituents is 1. The van der Waals surface area contributed by atoms with Gasteiger partial charge in [0, 0.05) is 5.56 Å². The van der Waals surface area contributed by atoms with Crippen LogP contribution in [0, 0.1) is 6.92 Å². The summed E-state index contributed by atoms with van der Waals surface area (Å²) in [5.41, 5.74) is 2.51. The SMILES string of the molecule is CCCOc1cccc(C(O)=C2C(=O)C(=O)N(c3nc4ccc(C)cc4s3)C2c2cccc(O)c2)c1. The number of carbonyl (C=O) groups excluding carboxylic acids is 2. The van der Waals surface area contributed by atoms with Crippen LogP contribution in [-0.2, 0) is 9.59 Å². The zero-order valence-electron chi connectivity index (χ0n) is 19.8. The highest BCUT2D eigenvalue weighted by Crippen LogP contribution is 2.45. The van der Waals surface area contributed by atoms with E-state index in [0.29, 0.717) is 34.1 Å². The van der Waals surface area contributed by atoms with Gasteiger partial charge in [0.25, 0.3) is 5.78 Å². The molecule has 0 spiro atoms. The third-order valence-corrected chi connectivity index (χ3v) is 6.97. The zero-order chi connectivity index (χ0) is 25.4. The maximum atomic E-state index is 13.4. The summed E-state index contributed by atoms with van der Waals surface area (Å²) in [6.45, 7) is 4.47. The number of hydrogen-bond donors (Lipinski definition) is 2. The second-order valence-corrected chi connectivity index (χ2v) is 9.62. The molecule has 3 aromatic carbocycles. The number of aromatic hydroxyl groups is 1. The molecule has 1 atom stereocenters. The van der Waals surface area contributed by atoms with Crippen molar-refractivity contribution in [3.8, 4) is 11.5 Å². The lowest BCUT2D eigenvalue weighted by Crippen LogP contribution is -2.29. The standard InChI is InChI=1S/C28H24N2O5S/c1-3-12-35-20-9-5-7-18(15-20)25(32)23-24(17-6-4-8-19(31)14-17)30(27(34)26(23)33)28-29-21-11-10-16(2)13-22(21)36-28/h4-11,13-15,24,31-32H,3,12H2,1-2H3. The maximum absolute atomic E-state index is 13.4. The number of anilines is 1. The Kier molecular flexibility index (Phi) is 6.20. The van der Waals surface area contributed by atoms with Gasteiger partial charge in [0.05, 0.1) is 28.4 Å². The first-order chi connectivity index (χ1) is 17.4. The number of amides is 1. The van der Waals surface area contributed by atoms with E-state index in [2.05, 4.69) is 4.98 Å². The Morgan fingerprint density at radius 2 is 1.89 bits per heavy atom. The number of aliphatic hydroxyl groups is 1. The first-order valence-electron chi connectivity index (χ1n) is 11.6. The van der Waals surface area contributed by atoms with E-state index >= 15 is 0 Å². The number of rotatable bonds is 6. The molecule has 1 fully saturated rings. The molecule has 36 heavy (non-hydrogen) atoms. The lowest BCUT2D eigenvalue weighted by Gasteiger charge is -2.23. The summed E-state index contributed by atoms with van der Waals surface area (Å²) in [6.07, 6.45) is 0.820. The van der Waals surface area contributed by atoms with Gasteiger partial charge in [-0.2, -0.15) is 0 Å². The normalized spacial score (nSPS) is 17.2. The number of ether oxygens (including phenoxy) is 1. The average molecular weight is 501 g/mol. The average Bonchev–Trinajstić information content (AvgIpc) is 3.40. The van der Waals surface area contributed by atoms with E-state index in [4.69, 9.17) is 4.74 Å². The van der Waals surface area contributed by atoms with E-state index in [9.17, 15) is 19.8 Å². The highest BCUT2D eigenvalue weighted by atomic mass is 32.1.